The Labute approximate surface area is 130 Å². The highest BCUT2D eigenvalue weighted by atomic mass is 79.9. The minimum atomic E-state index is -0.873. The molecule has 6 heteroatoms. The molecule has 2 aliphatic carbocycles. The van der Waals surface area contributed by atoms with Crippen LogP contribution in [0.5, 0.6) is 0 Å². The second kappa shape index (κ2) is 10.2. The molecule has 2 atom stereocenters. The van der Waals surface area contributed by atoms with Gasteiger partial charge in [0, 0.05) is 0 Å². The summed E-state index contributed by atoms with van der Waals surface area (Å²) in [5.74, 6) is -0.314. The molecule has 0 aliphatic heterocycles. The fourth-order valence-corrected chi connectivity index (χ4v) is 2.09. The lowest BCUT2D eigenvalue weighted by atomic mass is 10.1. The van der Waals surface area contributed by atoms with Gasteiger partial charge in [-0.3, -0.25) is 9.59 Å². The molecule has 20 heavy (non-hydrogen) atoms. The first-order valence-electron chi connectivity index (χ1n) is 6.25. The standard InChI is InChI=1S/C6H9BrO2.C6H11NO2.2CH4/c2*7-5(6(8)9)3-4-1-2-4;;/h4-5H,1-3H2,(H,8,9);4-5H,1-3,7H2,(H,8,9);2*1H4. The van der Waals surface area contributed by atoms with Gasteiger partial charge in [0.15, 0.2) is 0 Å². The van der Waals surface area contributed by atoms with E-state index in [2.05, 4.69) is 15.9 Å². The molecule has 5 nitrogen and oxygen atoms in total. The number of carbonyl (C=O) groups is 2. The highest BCUT2D eigenvalue weighted by molar-refractivity contribution is 9.10. The van der Waals surface area contributed by atoms with Crippen LogP contribution in [0.2, 0.25) is 0 Å². The van der Waals surface area contributed by atoms with Crippen LogP contribution in [-0.4, -0.2) is 33.0 Å². The lowest BCUT2D eigenvalue weighted by Gasteiger charge is -2.02. The SMILES string of the molecule is C.C.NC(CC1CC1)C(=O)O.O=C(O)C(Br)CC1CC1. The molecule has 0 aromatic carbocycles. The van der Waals surface area contributed by atoms with Crippen LogP contribution >= 0.6 is 15.9 Å². The van der Waals surface area contributed by atoms with Gasteiger partial charge in [-0.05, 0) is 24.7 Å². The number of nitrogens with two attached hydrogens (primary N) is 1. The molecule has 0 heterocycles. The highest BCUT2D eigenvalue weighted by Crippen LogP contribution is 2.35. The molecule has 0 aromatic heterocycles. The number of hydrogen-bond acceptors (Lipinski definition) is 3. The number of alkyl halides is 1. The number of carboxylic acid groups (broad SMARTS) is 2. The second-order valence-corrected chi connectivity index (χ2v) is 6.21. The zero-order chi connectivity index (χ0) is 13.7. The maximum atomic E-state index is 10.2. The van der Waals surface area contributed by atoms with E-state index in [1.807, 2.05) is 0 Å². The fraction of sp³-hybridized carbons (Fsp3) is 0.857. The zero-order valence-electron chi connectivity index (χ0n) is 10.2. The van der Waals surface area contributed by atoms with Crippen LogP contribution < -0.4 is 5.73 Å². The van der Waals surface area contributed by atoms with Gasteiger partial charge < -0.3 is 15.9 Å². The number of halogens is 1. The lowest BCUT2D eigenvalue weighted by molar-refractivity contribution is -0.139. The average molecular weight is 354 g/mol. The van der Waals surface area contributed by atoms with E-state index in [-0.39, 0.29) is 19.7 Å². The predicted molar refractivity (Wildman–Crippen MR) is 84.1 cm³/mol. The topological polar surface area (TPSA) is 101 Å². The van der Waals surface area contributed by atoms with Gasteiger partial charge in [-0.25, -0.2) is 0 Å². The normalized spacial score (nSPS) is 19.3. The van der Waals surface area contributed by atoms with E-state index in [1.165, 1.54) is 25.7 Å². The van der Waals surface area contributed by atoms with Gasteiger partial charge in [0.05, 0.1) is 0 Å². The van der Waals surface area contributed by atoms with Gasteiger partial charge in [-0.15, -0.1) is 0 Å². The van der Waals surface area contributed by atoms with Crippen molar-refractivity contribution >= 4 is 27.9 Å². The Morgan fingerprint density at radius 3 is 1.70 bits per heavy atom. The largest absolute Gasteiger partial charge is 0.480 e. The molecule has 2 aliphatic rings. The monoisotopic (exact) mass is 353 g/mol. The summed E-state index contributed by atoms with van der Waals surface area (Å²) in [5.41, 5.74) is 5.26. The Bertz CT molecular complexity index is 274. The van der Waals surface area contributed by atoms with Crippen molar-refractivity contribution in [1.29, 1.82) is 0 Å². The maximum Gasteiger partial charge on any atom is 0.320 e. The summed E-state index contributed by atoms with van der Waals surface area (Å²) in [7, 11) is 0. The van der Waals surface area contributed by atoms with Crippen LogP contribution in [0.1, 0.15) is 53.4 Å². The summed E-state index contributed by atoms with van der Waals surface area (Å²) in [5, 5.41) is 16.7. The molecule has 120 valence electrons. The molecule has 2 rings (SSSR count). The Balaban J connectivity index is 0. The quantitative estimate of drug-likeness (QED) is 0.637. The van der Waals surface area contributed by atoms with Crippen molar-refractivity contribution < 1.29 is 19.8 Å². The van der Waals surface area contributed by atoms with Gasteiger partial charge >= 0.3 is 11.9 Å². The van der Waals surface area contributed by atoms with Gasteiger partial charge in [0.2, 0.25) is 0 Å². The summed E-state index contributed by atoms with van der Waals surface area (Å²) in [6.45, 7) is 0. The van der Waals surface area contributed by atoms with Gasteiger partial charge in [-0.1, -0.05) is 56.5 Å². The van der Waals surface area contributed by atoms with E-state index in [0.29, 0.717) is 18.3 Å². The summed E-state index contributed by atoms with van der Waals surface area (Å²) in [6.07, 6.45) is 6.23. The third kappa shape index (κ3) is 10.2. The molecule has 0 bridgehead atoms. The number of hydrogen-bond donors (Lipinski definition) is 3. The van der Waals surface area contributed by atoms with Crippen LogP contribution in [0.4, 0.5) is 0 Å². The fourth-order valence-electron chi connectivity index (χ4n) is 1.56. The third-order valence-electron chi connectivity index (χ3n) is 3.11. The van der Waals surface area contributed by atoms with E-state index in [9.17, 15) is 9.59 Å². The van der Waals surface area contributed by atoms with Crippen molar-refractivity contribution in [2.45, 2.75) is 64.2 Å². The molecule has 0 amide bonds. The van der Waals surface area contributed by atoms with Crippen LogP contribution in [0.25, 0.3) is 0 Å². The first kappa shape index (κ1) is 21.7. The summed E-state index contributed by atoms with van der Waals surface area (Å²) >= 11 is 3.08. The van der Waals surface area contributed by atoms with Crippen molar-refractivity contribution in [2.24, 2.45) is 17.6 Å². The van der Waals surface area contributed by atoms with E-state index < -0.39 is 18.0 Å². The summed E-state index contributed by atoms with van der Waals surface area (Å²) in [4.78, 5) is 20.0. The number of carboxylic acids is 2. The van der Waals surface area contributed by atoms with Crippen LogP contribution in [0, 0.1) is 11.8 Å². The minimum Gasteiger partial charge on any atom is -0.480 e. The van der Waals surface area contributed by atoms with Crippen molar-refractivity contribution in [2.75, 3.05) is 0 Å². The van der Waals surface area contributed by atoms with Gasteiger partial charge in [0.25, 0.3) is 0 Å². The first-order chi connectivity index (χ1) is 8.40. The van der Waals surface area contributed by atoms with Crippen LogP contribution in [0.15, 0.2) is 0 Å². The molecule has 0 aromatic rings. The minimum absolute atomic E-state index is 0. The molecular formula is C14H28BrNO4. The third-order valence-corrected chi connectivity index (χ3v) is 3.87. The lowest BCUT2D eigenvalue weighted by Crippen LogP contribution is -2.30. The average Bonchev–Trinajstić information content (AvgIpc) is 3.13. The molecule has 4 N–H and O–H groups in total. The number of rotatable bonds is 6. The Morgan fingerprint density at radius 2 is 1.40 bits per heavy atom. The predicted octanol–water partition coefficient (Wildman–Crippen LogP) is 3.11. The highest BCUT2D eigenvalue weighted by Gasteiger charge is 2.27. The molecule has 2 fully saturated rings. The molecule has 0 saturated heterocycles. The van der Waals surface area contributed by atoms with Gasteiger partial charge in [-0.2, -0.15) is 0 Å². The van der Waals surface area contributed by atoms with E-state index in [1.54, 1.807) is 0 Å². The smallest absolute Gasteiger partial charge is 0.320 e. The van der Waals surface area contributed by atoms with Gasteiger partial charge in [0.1, 0.15) is 10.9 Å². The van der Waals surface area contributed by atoms with Crippen molar-refractivity contribution in [3.05, 3.63) is 0 Å². The van der Waals surface area contributed by atoms with Crippen molar-refractivity contribution in [1.82, 2.24) is 0 Å². The van der Waals surface area contributed by atoms with Crippen molar-refractivity contribution in [3.63, 3.8) is 0 Å². The van der Waals surface area contributed by atoms with E-state index in [0.717, 1.165) is 6.42 Å². The molecule has 2 saturated carbocycles. The van der Waals surface area contributed by atoms with Crippen LogP contribution in [-0.2, 0) is 9.59 Å². The Hall–Kier alpha value is -0.620. The van der Waals surface area contributed by atoms with E-state index in [4.69, 9.17) is 15.9 Å². The Morgan fingerprint density at radius 1 is 1.00 bits per heavy atom. The summed E-state index contributed by atoms with van der Waals surface area (Å²) in [6, 6.07) is -0.627. The number of aliphatic carboxylic acids is 2. The second-order valence-electron chi connectivity index (χ2n) is 5.11. The zero-order valence-corrected chi connectivity index (χ0v) is 11.8. The first-order valence-corrected chi connectivity index (χ1v) is 7.17. The molecule has 2 unspecified atom stereocenters. The maximum absolute atomic E-state index is 10.2. The summed E-state index contributed by atoms with van der Waals surface area (Å²) < 4.78 is 0. The Kier molecular flexibility index (Phi) is 11.0. The van der Waals surface area contributed by atoms with E-state index >= 15 is 0 Å². The van der Waals surface area contributed by atoms with Crippen LogP contribution in [0.3, 0.4) is 0 Å². The molecule has 0 radical (unpaired) electrons. The van der Waals surface area contributed by atoms with Crippen molar-refractivity contribution in [3.8, 4) is 0 Å². The molecular weight excluding hydrogens is 326 g/mol. The molecule has 0 spiro atoms.